The van der Waals surface area contributed by atoms with Gasteiger partial charge in [-0.15, -0.1) is 0 Å². The van der Waals surface area contributed by atoms with Crippen LogP contribution in [0.5, 0.6) is 0 Å². The van der Waals surface area contributed by atoms with E-state index in [9.17, 15) is 9.59 Å². The molecule has 20 heavy (non-hydrogen) atoms. The molecule has 0 saturated carbocycles. The molecule has 2 amide bonds. The van der Waals surface area contributed by atoms with Crippen LogP contribution in [-0.4, -0.2) is 24.9 Å². The molecule has 1 aromatic rings. The molecule has 0 aliphatic carbocycles. The predicted octanol–water partition coefficient (Wildman–Crippen LogP) is 2.14. The average Bonchev–Trinajstić information content (AvgIpc) is 2.39. The first kappa shape index (κ1) is 16.2. The van der Waals surface area contributed by atoms with Crippen molar-refractivity contribution in [1.29, 1.82) is 0 Å². The number of aryl methyl sites for hydroxylation is 1. The Morgan fingerprint density at radius 1 is 1.25 bits per heavy atom. The van der Waals surface area contributed by atoms with Crippen LogP contribution in [0.15, 0.2) is 18.2 Å². The van der Waals surface area contributed by atoms with Gasteiger partial charge in [0.05, 0.1) is 0 Å². The molecule has 0 heterocycles. The van der Waals surface area contributed by atoms with Crippen LogP contribution >= 0.6 is 0 Å². The van der Waals surface area contributed by atoms with Gasteiger partial charge < -0.3 is 16.0 Å². The van der Waals surface area contributed by atoms with Crippen molar-refractivity contribution in [2.75, 3.05) is 23.7 Å². The fourth-order valence-corrected chi connectivity index (χ4v) is 1.74. The number of carbonyl (C=O) groups is 2. The highest BCUT2D eigenvalue weighted by atomic mass is 16.2. The molecule has 0 aliphatic heterocycles. The lowest BCUT2D eigenvalue weighted by molar-refractivity contribution is -0.119. The van der Waals surface area contributed by atoms with Crippen molar-refractivity contribution in [3.8, 4) is 0 Å². The summed E-state index contributed by atoms with van der Waals surface area (Å²) in [5.41, 5.74) is 2.36. The van der Waals surface area contributed by atoms with Crippen molar-refractivity contribution in [3.63, 3.8) is 0 Å². The van der Waals surface area contributed by atoms with Gasteiger partial charge in [0, 0.05) is 30.8 Å². The summed E-state index contributed by atoms with van der Waals surface area (Å²) in [5, 5.41) is 8.75. The maximum absolute atomic E-state index is 12.0. The highest BCUT2D eigenvalue weighted by molar-refractivity contribution is 5.94. The molecular formula is C15H23N3O2. The predicted molar refractivity (Wildman–Crippen MR) is 81.8 cm³/mol. The van der Waals surface area contributed by atoms with Gasteiger partial charge in [0.1, 0.15) is 0 Å². The van der Waals surface area contributed by atoms with Gasteiger partial charge in [-0.25, -0.2) is 0 Å². The number of hydrogen-bond acceptors (Lipinski definition) is 3. The van der Waals surface area contributed by atoms with Gasteiger partial charge >= 0.3 is 0 Å². The Labute approximate surface area is 120 Å². The number of rotatable bonds is 6. The van der Waals surface area contributed by atoms with Crippen molar-refractivity contribution in [3.05, 3.63) is 23.8 Å². The second kappa shape index (κ2) is 7.65. The molecule has 0 radical (unpaired) electrons. The van der Waals surface area contributed by atoms with Gasteiger partial charge in [0.15, 0.2) is 0 Å². The monoisotopic (exact) mass is 277 g/mol. The molecule has 5 nitrogen and oxygen atoms in total. The SMILES string of the molecule is CCNCC(C)C(=O)Nc1ccc(C)c(NC(C)=O)c1. The van der Waals surface area contributed by atoms with Crippen molar-refractivity contribution < 1.29 is 9.59 Å². The molecule has 0 fully saturated rings. The van der Waals surface area contributed by atoms with E-state index in [4.69, 9.17) is 0 Å². The van der Waals surface area contributed by atoms with Crippen LogP contribution in [0.2, 0.25) is 0 Å². The minimum absolute atomic E-state index is 0.0384. The van der Waals surface area contributed by atoms with E-state index in [1.165, 1.54) is 6.92 Å². The third-order valence-electron chi connectivity index (χ3n) is 2.96. The third kappa shape index (κ3) is 5.01. The molecule has 0 aromatic heterocycles. The van der Waals surface area contributed by atoms with Crippen LogP contribution < -0.4 is 16.0 Å². The molecule has 110 valence electrons. The van der Waals surface area contributed by atoms with Crippen LogP contribution in [0.3, 0.4) is 0 Å². The minimum Gasteiger partial charge on any atom is -0.326 e. The highest BCUT2D eigenvalue weighted by Crippen LogP contribution is 2.20. The van der Waals surface area contributed by atoms with Crippen molar-refractivity contribution in [2.24, 2.45) is 5.92 Å². The lowest BCUT2D eigenvalue weighted by Crippen LogP contribution is -2.30. The third-order valence-corrected chi connectivity index (χ3v) is 2.96. The standard InChI is InChI=1S/C15H23N3O2/c1-5-16-9-11(3)15(20)18-13-7-6-10(2)14(8-13)17-12(4)19/h6-8,11,16H,5,9H2,1-4H3,(H,17,19)(H,18,20). The van der Waals surface area contributed by atoms with Crippen molar-refractivity contribution in [2.45, 2.75) is 27.7 Å². The number of hydrogen-bond donors (Lipinski definition) is 3. The molecular weight excluding hydrogens is 254 g/mol. The van der Waals surface area contributed by atoms with Crippen LogP contribution in [0.1, 0.15) is 26.3 Å². The fraction of sp³-hybridized carbons (Fsp3) is 0.467. The number of carbonyl (C=O) groups excluding carboxylic acids is 2. The lowest BCUT2D eigenvalue weighted by atomic mass is 10.1. The maximum Gasteiger partial charge on any atom is 0.228 e. The first-order valence-corrected chi connectivity index (χ1v) is 6.83. The molecule has 3 N–H and O–H groups in total. The fourth-order valence-electron chi connectivity index (χ4n) is 1.74. The summed E-state index contributed by atoms with van der Waals surface area (Å²) in [7, 11) is 0. The van der Waals surface area contributed by atoms with Gasteiger partial charge in [0.2, 0.25) is 11.8 Å². The maximum atomic E-state index is 12.0. The normalized spacial score (nSPS) is 11.8. The Morgan fingerprint density at radius 2 is 1.95 bits per heavy atom. The average molecular weight is 277 g/mol. The van der Waals surface area contributed by atoms with Crippen molar-refractivity contribution in [1.82, 2.24) is 5.32 Å². The summed E-state index contributed by atoms with van der Waals surface area (Å²) in [5.74, 6) is -0.277. The van der Waals surface area contributed by atoms with Gasteiger partial charge in [0.25, 0.3) is 0 Å². The summed E-state index contributed by atoms with van der Waals surface area (Å²) in [6, 6.07) is 5.48. The van der Waals surface area contributed by atoms with E-state index in [-0.39, 0.29) is 17.7 Å². The van der Waals surface area contributed by atoms with E-state index < -0.39 is 0 Å². The summed E-state index contributed by atoms with van der Waals surface area (Å²) >= 11 is 0. The van der Waals surface area contributed by atoms with E-state index in [0.717, 1.165) is 17.8 Å². The van der Waals surface area contributed by atoms with Crippen molar-refractivity contribution >= 4 is 23.2 Å². The van der Waals surface area contributed by atoms with E-state index in [1.54, 1.807) is 6.07 Å². The zero-order chi connectivity index (χ0) is 15.1. The van der Waals surface area contributed by atoms with Crippen LogP contribution in [0.25, 0.3) is 0 Å². The van der Waals surface area contributed by atoms with Crippen LogP contribution in [0.4, 0.5) is 11.4 Å². The number of nitrogens with one attached hydrogen (secondary N) is 3. The van der Waals surface area contributed by atoms with E-state index >= 15 is 0 Å². The molecule has 1 aromatic carbocycles. The zero-order valence-electron chi connectivity index (χ0n) is 12.5. The largest absolute Gasteiger partial charge is 0.326 e. The Morgan fingerprint density at radius 3 is 2.55 bits per heavy atom. The second-order valence-corrected chi connectivity index (χ2v) is 4.91. The Balaban J connectivity index is 2.72. The molecule has 1 atom stereocenters. The molecule has 0 aliphatic rings. The van der Waals surface area contributed by atoms with Gasteiger partial charge in [-0.3, -0.25) is 9.59 Å². The molecule has 0 bridgehead atoms. The molecule has 0 spiro atoms. The summed E-state index contributed by atoms with van der Waals surface area (Å²) in [6.07, 6.45) is 0. The minimum atomic E-state index is -0.128. The molecule has 0 saturated heterocycles. The Bertz CT molecular complexity index is 486. The molecule has 5 heteroatoms. The molecule has 1 rings (SSSR count). The number of amides is 2. The summed E-state index contributed by atoms with van der Waals surface area (Å²) < 4.78 is 0. The van der Waals surface area contributed by atoms with Crippen LogP contribution in [-0.2, 0) is 9.59 Å². The smallest absolute Gasteiger partial charge is 0.228 e. The first-order valence-electron chi connectivity index (χ1n) is 6.83. The first-order chi connectivity index (χ1) is 9.43. The van der Waals surface area contributed by atoms with Gasteiger partial charge in [-0.2, -0.15) is 0 Å². The van der Waals surface area contributed by atoms with E-state index in [0.29, 0.717) is 12.2 Å². The number of benzene rings is 1. The highest BCUT2D eigenvalue weighted by Gasteiger charge is 2.13. The second-order valence-electron chi connectivity index (χ2n) is 4.91. The van der Waals surface area contributed by atoms with Gasteiger partial charge in [-0.05, 0) is 31.2 Å². The topological polar surface area (TPSA) is 70.2 Å². The summed E-state index contributed by atoms with van der Waals surface area (Å²) in [6.45, 7) is 8.74. The van der Waals surface area contributed by atoms with E-state index in [2.05, 4.69) is 16.0 Å². The quantitative estimate of drug-likeness (QED) is 0.746. The van der Waals surface area contributed by atoms with Crippen LogP contribution in [0, 0.1) is 12.8 Å². The van der Waals surface area contributed by atoms with Gasteiger partial charge in [-0.1, -0.05) is 19.9 Å². The summed E-state index contributed by atoms with van der Waals surface area (Å²) in [4.78, 5) is 23.1. The zero-order valence-corrected chi connectivity index (χ0v) is 12.5. The Kier molecular flexibility index (Phi) is 6.18. The molecule has 1 unspecified atom stereocenters. The Hall–Kier alpha value is -1.88. The lowest BCUT2D eigenvalue weighted by Gasteiger charge is -2.14. The van der Waals surface area contributed by atoms with E-state index in [1.807, 2.05) is 32.9 Å². The number of anilines is 2.